The van der Waals surface area contributed by atoms with E-state index in [2.05, 4.69) is 5.10 Å². The summed E-state index contributed by atoms with van der Waals surface area (Å²) in [4.78, 5) is 28.9. The van der Waals surface area contributed by atoms with E-state index in [1.54, 1.807) is 36.7 Å². The van der Waals surface area contributed by atoms with Crippen molar-refractivity contribution in [3.63, 3.8) is 0 Å². The summed E-state index contributed by atoms with van der Waals surface area (Å²) in [5.41, 5.74) is 2.22. The van der Waals surface area contributed by atoms with E-state index in [-0.39, 0.29) is 17.6 Å². The van der Waals surface area contributed by atoms with Crippen molar-refractivity contribution in [2.45, 2.75) is 65.0 Å². The number of likely N-dealkylation sites (tertiary alicyclic amines) is 1. The fourth-order valence-electron chi connectivity index (χ4n) is 5.01. The number of alkyl halides is 2. The minimum Gasteiger partial charge on any atom is -0.444 e. The molecule has 3 aromatic rings. The van der Waals surface area contributed by atoms with Gasteiger partial charge in [-0.1, -0.05) is 6.07 Å². The highest BCUT2D eigenvalue weighted by molar-refractivity contribution is 6.05. The fraction of sp³-hybridized carbons (Fsp3) is 0.483. The van der Waals surface area contributed by atoms with Gasteiger partial charge in [0.15, 0.2) is 0 Å². The van der Waals surface area contributed by atoms with Crippen molar-refractivity contribution in [2.24, 2.45) is 7.05 Å². The molecule has 0 aliphatic carbocycles. The smallest absolute Gasteiger partial charge is 0.410 e. The Morgan fingerprint density at radius 1 is 1.15 bits per heavy atom. The lowest BCUT2D eigenvalue weighted by atomic mass is 9.90. The number of aryl methyl sites for hydroxylation is 1. The van der Waals surface area contributed by atoms with E-state index in [1.165, 1.54) is 12.1 Å². The lowest BCUT2D eigenvalue weighted by Crippen LogP contribution is -2.40. The van der Waals surface area contributed by atoms with E-state index in [9.17, 15) is 22.8 Å². The lowest BCUT2D eigenvalue weighted by Gasteiger charge is -2.27. The number of carbonyl (C=O) groups is 2. The van der Waals surface area contributed by atoms with Crippen molar-refractivity contribution < 1.29 is 27.5 Å². The summed E-state index contributed by atoms with van der Waals surface area (Å²) in [6, 6.07) is 7.31. The van der Waals surface area contributed by atoms with Crippen LogP contribution < -0.4 is 0 Å². The zero-order chi connectivity index (χ0) is 28.6. The molecule has 1 aliphatic heterocycles. The molecule has 0 saturated carbocycles. The molecule has 0 radical (unpaired) electrons. The first-order valence-corrected chi connectivity index (χ1v) is 13.1. The van der Waals surface area contributed by atoms with E-state index < -0.39 is 36.3 Å². The van der Waals surface area contributed by atoms with Crippen molar-refractivity contribution in [3.8, 4) is 11.1 Å². The highest BCUT2D eigenvalue weighted by atomic mass is 19.3. The molecular formula is C29H35F3N4O3. The van der Waals surface area contributed by atoms with Crippen LogP contribution in [0.1, 0.15) is 62.9 Å². The summed E-state index contributed by atoms with van der Waals surface area (Å²) in [6.07, 6.45) is -0.706. The third kappa shape index (κ3) is 6.20. The highest BCUT2D eigenvalue weighted by Crippen LogP contribution is 2.38. The highest BCUT2D eigenvalue weighted by Gasteiger charge is 2.32. The molecular weight excluding hydrogens is 509 g/mol. The molecule has 2 amide bonds. The van der Waals surface area contributed by atoms with Crippen LogP contribution in [0.4, 0.5) is 18.0 Å². The molecule has 1 atom stereocenters. The number of benzene rings is 2. The van der Waals surface area contributed by atoms with Gasteiger partial charge in [0.05, 0.1) is 23.8 Å². The molecule has 0 unspecified atom stereocenters. The van der Waals surface area contributed by atoms with Gasteiger partial charge in [0.25, 0.3) is 12.3 Å². The van der Waals surface area contributed by atoms with Crippen molar-refractivity contribution >= 4 is 22.9 Å². The second-order valence-electron chi connectivity index (χ2n) is 11.3. The molecule has 1 aromatic heterocycles. The Kier molecular flexibility index (Phi) is 7.95. The molecule has 210 valence electrons. The van der Waals surface area contributed by atoms with Crippen LogP contribution in [-0.2, 0) is 11.8 Å². The Balaban J connectivity index is 1.78. The van der Waals surface area contributed by atoms with Crippen LogP contribution in [0, 0.1) is 5.82 Å². The SMILES string of the molecule is CC(C)N(CC(F)F)C(=O)c1cc(F)ccc1-c1cc([C@H]2CCN(C(=O)OC(C)(C)C)C2)cc2c1cnn2C. The average Bonchev–Trinajstić information content (AvgIpc) is 3.48. The second kappa shape index (κ2) is 10.9. The van der Waals surface area contributed by atoms with Crippen LogP contribution in [0.2, 0.25) is 0 Å². The predicted octanol–water partition coefficient (Wildman–Crippen LogP) is 6.22. The molecule has 4 rings (SSSR count). The van der Waals surface area contributed by atoms with E-state index in [1.807, 2.05) is 32.9 Å². The molecule has 0 bridgehead atoms. The van der Waals surface area contributed by atoms with Gasteiger partial charge >= 0.3 is 6.09 Å². The number of ether oxygens (including phenoxy) is 1. The van der Waals surface area contributed by atoms with Crippen LogP contribution in [0.25, 0.3) is 22.0 Å². The molecule has 1 fully saturated rings. The van der Waals surface area contributed by atoms with Gasteiger partial charge < -0.3 is 14.5 Å². The minimum atomic E-state index is -2.72. The summed E-state index contributed by atoms with van der Waals surface area (Å²) in [5.74, 6) is -1.30. The molecule has 39 heavy (non-hydrogen) atoms. The van der Waals surface area contributed by atoms with Gasteiger partial charge in [0, 0.05) is 37.5 Å². The molecule has 2 aromatic carbocycles. The molecule has 1 aliphatic rings. The summed E-state index contributed by atoms with van der Waals surface area (Å²) >= 11 is 0. The number of halogens is 3. The van der Waals surface area contributed by atoms with Gasteiger partial charge in [-0.25, -0.2) is 18.0 Å². The number of fused-ring (bicyclic) bond motifs is 1. The second-order valence-corrected chi connectivity index (χ2v) is 11.3. The Morgan fingerprint density at radius 3 is 2.51 bits per heavy atom. The molecule has 0 N–H and O–H groups in total. The standard InChI is InChI=1S/C29H35F3N4O3/c1-17(2)36(16-26(31)32)27(37)23-13-20(30)7-8-21(23)22-11-19(12-25-24(22)14-33-34(25)6)18-9-10-35(15-18)28(38)39-29(3,4)5/h7-8,11-14,17-18,26H,9-10,15-16H2,1-6H3/t18-/m0/s1. The maximum absolute atomic E-state index is 14.4. The predicted molar refractivity (Wildman–Crippen MR) is 143 cm³/mol. The van der Waals surface area contributed by atoms with Crippen LogP contribution in [-0.4, -0.2) is 69.3 Å². The van der Waals surface area contributed by atoms with Gasteiger partial charge in [0.2, 0.25) is 0 Å². The number of amides is 2. The maximum atomic E-state index is 14.4. The Hall–Kier alpha value is -3.56. The van der Waals surface area contributed by atoms with Crippen molar-refractivity contribution in [1.29, 1.82) is 0 Å². The van der Waals surface area contributed by atoms with Crippen LogP contribution in [0.15, 0.2) is 36.5 Å². The van der Waals surface area contributed by atoms with Crippen molar-refractivity contribution in [2.75, 3.05) is 19.6 Å². The third-order valence-corrected chi connectivity index (χ3v) is 6.92. The Labute approximate surface area is 226 Å². The first-order valence-electron chi connectivity index (χ1n) is 13.1. The molecule has 7 nitrogen and oxygen atoms in total. The third-order valence-electron chi connectivity index (χ3n) is 6.92. The fourth-order valence-corrected chi connectivity index (χ4v) is 5.01. The maximum Gasteiger partial charge on any atom is 0.410 e. The number of rotatable bonds is 6. The average molecular weight is 545 g/mol. The largest absolute Gasteiger partial charge is 0.444 e. The Bertz CT molecular complexity index is 1380. The first-order chi connectivity index (χ1) is 18.2. The van der Waals surface area contributed by atoms with E-state index in [0.717, 1.165) is 27.4 Å². The van der Waals surface area contributed by atoms with Crippen LogP contribution in [0.5, 0.6) is 0 Å². The summed E-state index contributed by atoms with van der Waals surface area (Å²) in [5, 5.41) is 5.14. The quantitative estimate of drug-likeness (QED) is 0.370. The van der Waals surface area contributed by atoms with Gasteiger partial charge in [-0.3, -0.25) is 9.48 Å². The topological polar surface area (TPSA) is 67.7 Å². The Morgan fingerprint density at radius 2 is 1.87 bits per heavy atom. The summed E-state index contributed by atoms with van der Waals surface area (Å²) in [6.45, 7) is 9.01. The molecule has 10 heteroatoms. The number of carbonyl (C=O) groups excluding carboxylic acids is 2. The zero-order valence-corrected chi connectivity index (χ0v) is 23.2. The van der Waals surface area contributed by atoms with Gasteiger partial charge in [-0.15, -0.1) is 0 Å². The molecule has 0 spiro atoms. The number of hydrogen-bond acceptors (Lipinski definition) is 4. The van der Waals surface area contributed by atoms with Gasteiger partial charge in [-0.2, -0.15) is 5.10 Å². The minimum absolute atomic E-state index is 0.00108. The molecule has 2 heterocycles. The first kappa shape index (κ1) is 28.4. The summed E-state index contributed by atoms with van der Waals surface area (Å²) in [7, 11) is 1.80. The van der Waals surface area contributed by atoms with E-state index in [0.29, 0.717) is 30.6 Å². The lowest BCUT2D eigenvalue weighted by molar-refractivity contribution is 0.0292. The van der Waals surface area contributed by atoms with Gasteiger partial charge in [-0.05, 0) is 82.0 Å². The monoisotopic (exact) mass is 544 g/mol. The zero-order valence-electron chi connectivity index (χ0n) is 23.2. The van der Waals surface area contributed by atoms with Crippen LogP contribution >= 0.6 is 0 Å². The number of nitrogens with zero attached hydrogens (tertiary/aromatic N) is 4. The van der Waals surface area contributed by atoms with Crippen molar-refractivity contribution in [1.82, 2.24) is 19.6 Å². The number of aromatic nitrogens is 2. The van der Waals surface area contributed by atoms with E-state index >= 15 is 0 Å². The molecule has 1 saturated heterocycles. The van der Waals surface area contributed by atoms with Crippen molar-refractivity contribution in [3.05, 3.63) is 53.5 Å². The normalized spacial score (nSPS) is 16.0. The summed E-state index contributed by atoms with van der Waals surface area (Å²) < 4.78 is 48.3. The van der Waals surface area contributed by atoms with Crippen LogP contribution in [0.3, 0.4) is 0 Å². The van der Waals surface area contributed by atoms with E-state index in [4.69, 9.17) is 4.74 Å². The number of hydrogen-bond donors (Lipinski definition) is 0. The van der Waals surface area contributed by atoms with Gasteiger partial charge in [0.1, 0.15) is 11.4 Å².